The SMILES string of the molecule is CC1CCCC(C=O)(CN(C)C(C)C(C)(C)C)C1. The van der Waals surface area contributed by atoms with E-state index >= 15 is 0 Å². The first-order valence-electron chi connectivity index (χ1n) is 7.37. The van der Waals surface area contributed by atoms with Crippen molar-refractivity contribution < 1.29 is 4.79 Å². The molecule has 1 rings (SSSR count). The highest BCUT2D eigenvalue weighted by molar-refractivity contribution is 5.60. The van der Waals surface area contributed by atoms with E-state index in [1.807, 2.05) is 0 Å². The molecule has 0 aromatic heterocycles. The maximum Gasteiger partial charge on any atom is 0.127 e. The predicted molar refractivity (Wildman–Crippen MR) is 77.7 cm³/mol. The molecule has 18 heavy (non-hydrogen) atoms. The second-order valence-corrected chi connectivity index (χ2v) is 7.64. The van der Waals surface area contributed by atoms with E-state index in [1.165, 1.54) is 19.1 Å². The molecule has 0 radical (unpaired) electrons. The van der Waals surface area contributed by atoms with Crippen LogP contribution in [0.25, 0.3) is 0 Å². The van der Waals surface area contributed by atoms with Gasteiger partial charge in [-0.2, -0.15) is 0 Å². The van der Waals surface area contributed by atoms with Gasteiger partial charge in [0.25, 0.3) is 0 Å². The summed E-state index contributed by atoms with van der Waals surface area (Å²) in [6, 6.07) is 0.492. The minimum Gasteiger partial charge on any atom is -0.303 e. The molecule has 0 aromatic carbocycles. The van der Waals surface area contributed by atoms with Gasteiger partial charge >= 0.3 is 0 Å². The van der Waals surface area contributed by atoms with Crippen LogP contribution in [0.15, 0.2) is 0 Å². The maximum absolute atomic E-state index is 11.6. The van der Waals surface area contributed by atoms with E-state index < -0.39 is 0 Å². The van der Waals surface area contributed by atoms with Gasteiger partial charge in [-0.3, -0.25) is 0 Å². The zero-order chi connectivity index (χ0) is 14.0. The van der Waals surface area contributed by atoms with Crippen LogP contribution in [0.1, 0.15) is 60.3 Å². The normalized spacial score (nSPS) is 31.4. The van der Waals surface area contributed by atoms with Gasteiger partial charge in [-0.15, -0.1) is 0 Å². The molecule has 0 spiro atoms. The Labute approximate surface area is 113 Å². The molecule has 1 saturated carbocycles. The highest BCUT2D eigenvalue weighted by Crippen LogP contribution is 2.39. The van der Waals surface area contributed by atoms with E-state index in [1.54, 1.807) is 0 Å². The van der Waals surface area contributed by atoms with E-state index in [0.717, 1.165) is 19.4 Å². The minimum absolute atomic E-state index is 0.0913. The van der Waals surface area contributed by atoms with Crippen LogP contribution in [0.5, 0.6) is 0 Å². The van der Waals surface area contributed by atoms with Crippen molar-refractivity contribution >= 4 is 6.29 Å². The third kappa shape index (κ3) is 3.81. The second-order valence-electron chi connectivity index (χ2n) is 7.64. The molecule has 1 fully saturated rings. The van der Waals surface area contributed by atoms with Crippen LogP contribution in [-0.4, -0.2) is 30.8 Å². The van der Waals surface area contributed by atoms with Crippen molar-refractivity contribution in [3.8, 4) is 0 Å². The van der Waals surface area contributed by atoms with Crippen LogP contribution < -0.4 is 0 Å². The van der Waals surface area contributed by atoms with Gasteiger partial charge < -0.3 is 9.69 Å². The molecule has 3 unspecified atom stereocenters. The number of nitrogens with zero attached hydrogens (tertiary/aromatic N) is 1. The van der Waals surface area contributed by atoms with Crippen LogP contribution in [-0.2, 0) is 4.79 Å². The van der Waals surface area contributed by atoms with Crippen molar-refractivity contribution in [1.82, 2.24) is 4.90 Å². The fraction of sp³-hybridized carbons (Fsp3) is 0.938. The molecule has 0 amide bonds. The fourth-order valence-electron chi connectivity index (χ4n) is 3.28. The lowest BCUT2D eigenvalue weighted by Gasteiger charge is -2.43. The molecule has 0 bridgehead atoms. The van der Waals surface area contributed by atoms with Crippen LogP contribution in [0, 0.1) is 16.7 Å². The number of hydrogen-bond acceptors (Lipinski definition) is 2. The lowest BCUT2D eigenvalue weighted by Crippen LogP contribution is -2.47. The molecule has 0 saturated heterocycles. The van der Waals surface area contributed by atoms with Gasteiger partial charge in [0.15, 0.2) is 0 Å². The van der Waals surface area contributed by atoms with Gasteiger partial charge in [-0.25, -0.2) is 0 Å². The van der Waals surface area contributed by atoms with E-state index in [4.69, 9.17) is 0 Å². The van der Waals surface area contributed by atoms with Crippen LogP contribution in [0.2, 0.25) is 0 Å². The molecule has 2 nitrogen and oxygen atoms in total. The lowest BCUT2D eigenvalue weighted by molar-refractivity contribution is -0.120. The molecule has 1 aliphatic rings. The molecular formula is C16H31NO. The van der Waals surface area contributed by atoms with E-state index in [0.29, 0.717) is 12.0 Å². The van der Waals surface area contributed by atoms with Crippen molar-refractivity contribution in [2.45, 2.75) is 66.3 Å². The molecule has 106 valence electrons. The lowest BCUT2D eigenvalue weighted by atomic mass is 9.70. The average Bonchev–Trinajstić information content (AvgIpc) is 2.26. The Morgan fingerprint density at radius 3 is 2.50 bits per heavy atom. The topological polar surface area (TPSA) is 20.3 Å². The number of aldehydes is 1. The van der Waals surface area contributed by atoms with Crippen LogP contribution in [0.3, 0.4) is 0 Å². The third-order valence-corrected chi connectivity index (χ3v) is 4.86. The van der Waals surface area contributed by atoms with Crippen LogP contribution in [0.4, 0.5) is 0 Å². The molecule has 2 heteroatoms. The number of hydrogen-bond donors (Lipinski definition) is 0. The number of carbonyl (C=O) groups is 1. The van der Waals surface area contributed by atoms with Crippen molar-refractivity contribution in [1.29, 1.82) is 0 Å². The summed E-state index contributed by atoms with van der Waals surface area (Å²) < 4.78 is 0. The first kappa shape index (κ1) is 15.7. The monoisotopic (exact) mass is 253 g/mol. The largest absolute Gasteiger partial charge is 0.303 e. The third-order valence-electron chi connectivity index (χ3n) is 4.86. The van der Waals surface area contributed by atoms with E-state index in [9.17, 15) is 4.79 Å². The summed E-state index contributed by atoms with van der Waals surface area (Å²) in [4.78, 5) is 14.0. The fourth-order valence-corrected chi connectivity index (χ4v) is 3.28. The van der Waals surface area contributed by atoms with Crippen molar-refractivity contribution in [3.05, 3.63) is 0 Å². The smallest absolute Gasteiger partial charge is 0.127 e. The summed E-state index contributed by atoms with van der Waals surface area (Å²) in [7, 11) is 2.17. The highest BCUT2D eigenvalue weighted by atomic mass is 16.1. The van der Waals surface area contributed by atoms with Crippen molar-refractivity contribution in [2.24, 2.45) is 16.7 Å². The zero-order valence-corrected chi connectivity index (χ0v) is 13.1. The maximum atomic E-state index is 11.6. The quantitative estimate of drug-likeness (QED) is 0.711. The van der Waals surface area contributed by atoms with Gasteiger partial charge in [-0.05, 0) is 38.1 Å². The summed E-state index contributed by atoms with van der Waals surface area (Å²) in [5.74, 6) is 0.697. The standard InChI is InChI=1S/C16H31NO/c1-13-8-7-9-16(10-13,12-18)11-17(6)14(2)15(3,4)5/h12-14H,7-11H2,1-6H3. The zero-order valence-electron chi connectivity index (χ0n) is 13.1. The Bertz CT molecular complexity index is 281. The van der Waals surface area contributed by atoms with Gasteiger partial charge in [0.2, 0.25) is 0 Å². The van der Waals surface area contributed by atoms with Gasteiger partial charge in [0.1, 0.15) is 6.29 Å². The molecule has 3 atom stereocenters. The van der Waals surface area contributed by atoms with Crippen molar-refractivity contribution in [3.63, 3.8) is 0 Å². The molecular weight excluding hydrogens is 222 g/mol. The highest BCUT2D eigenvalue weighted by Gasteiger charge is 2.37. The van der Waals surface area contributed by atoms with Gasteiger partial charge in [0, 0.05) is 18.0 Å². The first-order chi connectivity index (χ1) is 8.20. The van der Waals surface area contributed by atoms with E-state index in [2.05, 4.69) is 46.6 Å². The number of carbonyl (C=O) groups excluding carboxylic acids is 1. The Morgan fingerprint density at radius 2 is 2.06 bits per heavy atom. The minimum atomic E-state index is -0.0913. The van der Waals surface area contributed by atoms with E-state index in [-0.39, 0.29) is 10.8 Å². The summed E-state index contributed by atoms with van der Waals surface area (Å²) in [5.41, 5.74) is 0.172. The molecule has 1 aliphatic carbocycles. The number of rotatable bonds is 4. The Balaban J connectivity index is 2.71. The van der Waals surface area contributed by atoms with Crippen molar-refractivity contribution in [2.75, 3.05) is 13.6 Å². The van der Waals surface area contributed by atoms with Gasteiger partial charge in [-0.1, -0.05) is 40.5 Å². The van der Waals surface area contributed by atoms with Crippen LogP contribution >= 0.6 is 0 Å². The molecule has 0 N–H and O–H groups in total. The summed E-state index contributed by atoms with van der Waals surface area (Å²) >= 11 is 0. The molecule has 0 aliphatic heterocycles. The molecule has 0 heterocycles. The summed E-state index contributed by atoms with van der Waals surface area (Å²) in [6.45, 7) is 12.3. The summed E-state index contributed by atoms with van der Waals surface area (Å²) in [5, 5.41) is 0. The van der Waals surface area contributed by atoms with Gasteiger partial charge in [0.05, 0.1) is 0 Å². The second kappa shape index (κ2) is 5.73. The predicted octanol–water partition coefficient (Wildman–Crippen LogP) is 3.75. The summed E-state index contributed by atoms with van der Waals surface area (Å²) in [6.07, 6.45) is 5.88. The Hall–Kier alpha value is -0.370. The Morgan fingerprint density at radius 1 is 1.44 bits per heavy atom. The molecule has 0 aromatic rings. The Kier molecular flexibility index (Phi) is 4.99. The average molecular weight is 253 g/mol. The first-order valence-corrected chi connectivity index (χ1v) is 7.37.